The van der Waals surface area contributed by atoms with Crippen LogP contribution in [0.3, 0.4) is 0 Å². The lowest BCUT2D eigenvalue weighted by molar-refractivity contribution is -0.146. The topological polar surface area (TPSA) is 140 Å². The molecule has 1 fully saturated rings. The summed E-state index contributed by atoms with van der Waals surface area (Å²) in [4.78, 5) is 34.3. The molecule has 0 bridgehead atoms. The first-order chi connectivity index (χ1) is 18.2. The Balaban J connectivity index is 1.47. The number of anilines is 1. The van der Waals surface area contributed by atoms with Crippen molar-refractivity contribution < 1.29 is 27.8 Å². The molecule has 0 spiro atoms. The fourth-order valence-corrected chi connectivity index (χ4v) is 4.09. The van der Waals surface area contributed by atoms with Crippen molar-refractivity contribution in [3.8, 4) is 11.4 Å². The van der Waals surface area contributed by atoms with E-state index in [-0.39, 0.29) is 6.42 Å². The van der Waals surface area contributed by atoms with E-state index in [1.54, 1.807) is 36.0 Å². The summed E-state index contributed by atoms with van der Waals surface area (Å²) >= 11 is 0. The summed E-state index contributed by atoms with van der Waals surface area (Å²) in [6.07, 6.45) is -2.05. The van der Waals surface area contributed by atoms with Crippen molar-refractivity contribution in [3.63, 3.8) is 0 Å². The molecule has 0 aliphatic carbocycles. The number of fused-ring (bicyclic) bond motifs is 1. The number of imidazole rings is 1. The number of amides is 1. The second-order valence-electron chi connectivity index (χ2n) is 8.79. The number of carbonyl (C=O) groups excluding carboxylic acids is 1. The molecule has 38 heavy (non-hydrogen) atoms. The van der Waals surface area contributed by atoms with Crippen LogP contribution in [0.4, 0.5) is 19.0 Å². The Morgan fingerprint density at radius 2 is 2.08 bits per heavy atom. The highest BCUT2D eigenvalue weighted by atomic mass is 19.4. The lowest BCUT2D eigenvalue weighted by atomic mass is 10.2. The molecule has 3 atom stereocenters. The normalized spacial score (nSPS) is 19.6. The summed E-state index contributed by atoms with van der Waals surface area (Å²) in [6, 6.07) is 7.33. The molecule has 4 aromatic heterocycles. The molecule has 11 nitrogen and oxygen atoms in total. The molecule has 1 amide bonds. The number of alkyl halides is 3. The van der Waals surface area contributed by atoms with Crippen LogP contribution in [0, 0.1) is 6.92 Å². The van der Waals surface area contributed by atoms with Crippen molar-refractivity contribution in [1.29, 1.82) is 0 Å². The number of aromatic nitrogens is 6. The van der Waals surface area contributed by atoms with Gasteiger partial charge in [-0.2, -0.15) is 13.2 Å². The van der Waals surface area contributed by atoms with Gasteiger partial charge in [-0.05, 0) is 36.8 Å². The first kappa shape index (κ1) is 25.5. The Bertz CT molecular complexity index is 1450. The van der Waals surface area contributed by atoms with E-state index in [1.165, 1.54) is 10.9 Å². The lowest BCUT2D eigenvalue weighted by Gasteiger charge is -2.17. The van der Waals surface area contributed by atoms with Gasteiger partial charge in [-0.15, -0.1) is 0 Å². The Kier molecular flexibility index (Phi) is 6.91. The summed E-state index contributed by atoms with van der Waals surface area (Å²) in [7, 11) is 0. The monoisotopic (exact) mass is 528 g/mol. The molecule has 0 radical (unpaired) electrons. The zero-order valence-electron chi connectivity index (χ0n) is 20.1. The predicted octanol–water partition coefficient (Wildman–Crippen LogP) is 2.53. The van der Waals surface area contributed by atoms with Gasteiger partial charge >= 0.3 is 6.18 Å². The molecule has 4 aromatic rings. The molecule has 1 aliphatic heterocycles. The van der Waals surface area contributed by atoms with Gasteiger partial charge in [0.25, 0.3) is 0 Å². The number of aliphatic hydroxyl groups is 1. The van der Waals surface area contributed by atoms with Gasteiger partial charge in [-0.1, -0.05) is 0 Å². The molecule has 0 aromatic carbocycles. The molecule has 14 heteroatoms. The summed E-state index contributed by atoms with van der Waals surface area (Å²) in [5.74, 6) is -0.256. The summed E-state index contributed by atoms with van der Waals surface area (Å²) in [6.45, 7) is 0.809. The van der Waals surface area contributed by atoms with Gasteiger partial charge in [0.05, 0.1) is 18.6 Å². The van der Waals surface area contributed by atoms with Crippen LogP contribution in [-0.4, -0.2) is 65.4 Å². The zero-order chi connectivity index (χ0) is 26.9. The molecular formula is C24H23F3N8O3. The van der Waals surface area contributed by atoms with E-state index in [0.29, 0.717) is 34.9 Å². The maximum absolute atomic E-state index is 12.5. The molecule has 1 saturated heterocycles. The molecule has 0 unspecified atom stereocenters. The number of halogens is 3. The second kappa shape index (κ2) is 10.3. The standard InChI is InChI=1S/C24H23F3N8O3/c1-13-4-6-29-15(7-13)10-30-20-18-21(34-19(33-20)14-3-2-5-28-9-14)35(12-32-18)23-16(36)8-17(38-23)22(37)31-11-24(25,26)27/h2-7,9,12,16-17,23,36H,8,10-11H2,1H3,(H,31,37)(H,30,33,34)/t16-,17+,23-/m1/s1. The van der Waals surface area contributed by atoms with Gasteiger partial charge in [0.15, 0.2) is 29.0 Å². The van der Waals surface area contributed by atoms with Crippen LogP contribution in [0.5, 0.6) is 0 Å². The summed E-state index contributed by atoms with van der Waals surface area (Å²) < 4.78 is 44.7. The van der Waals surface area contributed by atoms with E-state index in [2.05, 4.69) is 30.2 Å². The van der Waals surface area contributed by atoms with E-state index in [0.717, 1.165) is 11.3 Å². The fraction of sp³-hybridized carbons (Fsp3) is 0.333. The highest BCUT2D eigenvalue weighted by Gasteiger charge is 2.41. The third-order valence-corrected chi connectivity index (χ3v) is 5.87. The number of rotatable bonds is 7. The van der Waals surface area contributed by atoms with E-state index in [4.69, 9.17) is 4.74 Å². The number of aryl methyl sites for hydroxylation is 1. The molecule has 0 saturated carbocycles. The van der Waals surface area contributed by atoms with E-state index in [9.17, 15) is 23.1 Å². The van der Waals surface area contributed by atoms with Crippen LogP contribution >= 0.6 is 0 Å². The molecule has 5 heterocycles. The number of aliphatic hydroxyl groups excluding tert-OH is 1. The quantitative estimate of drug-likeness (QED) is 0.330. The van der Waals surface area contributed by atoms with Gasteiger partial charge in [-0.25, -0.2) is 15.0 Å². The number of hydrogen-bond acceptors (Lipinski definition) is 9. The van der Waals surface area contributed by atoms with Crippen molar-refractivity contribution in [2.24, 2.45) is 0 Å². The SMILES string of the molecule is Cc1ccnc(CNc2nc(-c3cccnc3)nc3c2ncn3[C@@H]2O[C@H](C(=O)NCC(F)(F)F)C[C@H]2O)c1. The Labute approximate surface area is 214 Å². The molecule has 3 N–H and O–H groups in total. The van der Waals surface area contributed by atoms with Gasteiger partial charge < -0.3 is 20.5 Å². The van der Waals surface area contributed by atoms with Crippen molar-refractivity contribution in [1.82, 2.24) is 34.8 Å². The van der Waals surface area contributed by atoms with Crippen molar-refractivity contribution >= 4 is 22.9 Å². The van der Waals surface area contributed by atoms with Crippen LogP contribution in [-0.2, 0) is 16.1 Å². The highest BCUT2D eigenvalue weighted by molar-refractivity contribution is 5.85. The highest BCUT2D eigenvalue weighted by Crippen LogP contribution is 2.33. The van der Waals surface area contributed by atoms with Crippen LogP contribution < -0.4 is 10.6 Å². The predicted molar refractivity (Wildman–Crippen MR) is 128 cm³/mol. The maximum Gasteiger partial charge on any atom is 0.405 e. The minimum Gasteiger partial charge on any atom is -0.388 e. The minimum atomic E-state index is -4.57. The average Bonchev–Trinajstić information content (AvgIpc) is 3.49. The zero-order valence-corrected chi connectivity index (χ0v) is 20.1. The van der Waals surface area contributed by atoms with Crippen LogP contribution in [0.15, 0.2) is 49.2 Å². The van der Waals surface area contributed by atoms with Crippen LogP contribution in [0.1, 0.15) is 23.9 Å². The molecular weight excluding hydrogens is 505 g/mol. The van der Waals surface area contributed by atoms with Crippen LogP contribution in [0.2, 0.25) is 0 Å². The van der Waals surface area contributed by atoms with Gasteiger partial charge in [0.1, 0.15) is 18.8 Å². The first-order valence-electron chi connectivity index (χ1n) is 11.7. The average molecular weight is 528 g/mol. The summed E-state index contributed by atoms with van der Waals surface area (Å²) in [5.41, 5.74) is 3.11. The number of hydrogen-bond donors (Lipinski definition) is 3. The number of nitrogens with one attached hydrogen (secondary N) is 2. The largest absolute Gasteiger partial charge is 0.405 e. The number of pyridine rings is 2. The number of carbonyl (C=O) groups is 1. The smallest absolute Gasteiger partial charge is 0.388 e. The Morgan fingerprint density at radius 1 is 1.24 bits per heavy atom. The minimum absolute atomic E-state index is 0.196. The summed E-state index contributed by atoms with van der Waals surface area (Å²) in [5, 5.41) is 15.7. The third kappa shape index (κ3) is 5.55. The Morgan fingerprint density at radius 3 is 2.82 bits per heavy atom. The molecule has 5 rings (SSSR count). The Hall–Kier alpha value is -4.17. The first-order valence-corrected chi connectivity index (χ1v) is 11.7. The second-order valence-corrected chi connectivity index (χ2v) is 8.79. The van der Waals surface area contributed by atoms with Crippen molar-refractivity contribution in [3.05, 3.63) is 60.4 Å². The van der Waals surface area contributed by atoms with E-state index >= 15 is 0 Å². The number of ether oxygens (including phenoxy) is 1. The van der Waals surface area contributed by atoms with Gasteiger partial charge in [-0.3, -0.25) is 19.3 Å². The maximum atomic E-state index is 12.5. The number of nitrogens with zero attached hydrogens (tertiary/aromatic N) is 6. The van der Waals surface area contributed by atoms with Crippen molar-refractivity contribution in [2.75, 3.05) is 11.9 Å². The van der Waals surface area contributed by atoms with Gasteiger partial charge in [0, 0.05) is 30.6 Å². The fourth-order valence-electron chi connectivity index (χ4n) is 4.09. The lowest BCUT2D eigenvalue weighted by Crippen LogP contribution is -2.40. The van der Waals surface area contributed by atoms with Crippen LogP contribution in [0.25, 0.3) is 22.6 Å². The van der Waals surface area contributed by atoms with E-state index in [1.807, 2.05) is 19.1 Å². The molecule has 1 aliphatic rings. The van der Waals surface area contributed by atoms with Crippen molar-refractivity contribution in [2.45, 2.75) is 44.5 Å². The third-order valence-electron chi connectivity index (χ3n) is 5.87. The molecule has 198 valence electrons. The van der Waals surface area contributed by atoms with E-state index < -0.39 is 37.1 Å². The van der Waals surface area contributed by atoms with Gasteiger partial charge in [0.2, 0.25) is 5.91 Å².